The van der Waals surface area contributed by atoms with Crippen molar-refractivity contribution in [2.75, 3.05) is 0 Å². The number of primary amides is 1. The first-order valence-corrected chi connectivity index (χ1v) is 14.0. The molecule has 0 radical (unpaired) electrons. The molecule has 0 aliphatic carbocycles. The van der Waals surface area contributed by atoms with Crippen molar-refractivity contribution in [3.05, 3.63) is 71.8 Å². The number of nitrogens with two attached hydrogens (primary N) is 1. The van der Waals surface area contributed by atoms with Crippen molar-refractivity contribution in [3.8, 4) is 0 Å². The number of para-hydroxylation sites is 2. The van der Waals surface area contributed by atoms with E-state index in [4.69, 9.17) is 15.6 Å². The van der Waals surface area contributed by atoms with Crippen molar-refractivity contribution in [2.24, 2.45) is 11.7 Å². The molecule has 3 atom stereocenters. The number of hydrogen-bond acceptors (Lipinski definition) is 8. The van der Waals surface area contributed by atoms with Crippen LogP contribution >= 0.6 is 0 Å². The molecule has 0 saturated heterocycles. The molecule has 1 heterocycles. The lowest BCUT2D eigenvalue weighted by Crippen LogP contribution is -2.48. The number of aromatic nitrogens is 2. The summed E-state index contributed by atoms with van der Waals surface area (Å²) in [5, 5.41) is 22.0. The van der Waals surface area contributed by atoms with Crippen LogP contribution in [0.1, 0.15) is 68.4 Å². The lowest BCUT2D eigenvalue weighted by molar-refractivity contribution is -0.152. The van der Waals surface area contributed by atoms with Gasteiger partial charge in [-0.25, -0.2) is 9.37 Å². The average Bonchev–Trinajstić information content (AvgIpc) is 2.93. The van der Waals surface area contributed by atoms with Gasteiger partial charge in [0.1, 0.15) is 17.6 Å². The number of aliphatic hydroxyl groups is 1. The number of aliphatic carboxylic acids is 1. The Morgan fingerprint density at radius 3 is 2.44 bits per heavy atom. The summed E-state index contributed by atoms with van der Waals surface area (Å²) in [5.74, 6) is -4.49. The number of rotatable bonds is 16. The highest BCUT2D eigenvalue weighted by atomic mass is 19.1. The summed E-state index contributed by atoms with van der Waals surface area (Å²) in [6.45, 7) is 3.17. The number of benzene rings is 2. The number of esters is 1. The van der Waals surface area contributed by atoms with Gasteiger partial charge in [-0.05, 0) is 75.8 Å². The topological polar surface area (TPSA) is 182 Å². The predicted octanol–water partition coefficient (Wildman–Crippen LogP) is 3.32. The summed E-state index contributed by atoms with van der Waals surface area (Å²) >= 11 is 0. The number of hydrogen-bond donors (Lipinski definition) is 4. The van der Waals surface area contributed by atoms with E-state index in [0.717, 1.165) is 0 Å². The average molecular weight is 597 g/mol. The zero-order valence-corrected chi connectivity index (χ0v) is 24.2. The highest BCUT2D eigenvalue weighted by Gasteiger charge is 2.33. The number of nitrogens with zero attached hydrogens (tertiary/aromatic N) is 2. The predicted molar refractivity (Wildman–Crippen MR) is 155 cm³/mol. The van der Waals surface area contributed by atoms with E-state index in [1.165, 1.54) is 24.4 Å². The maximum absolute atomic E-state index is 14.1. The lowest BCUT2D eigenvalue weighted by Gasteiger charge is -2.31. The number of carboxylic acids is 1. The first kappa shape index (κ1) is 33.1. The Labute approximate surface area is 248 Å². The second-order valence-electron chi connectivity index (χ2n) is 11.1. The van der Waals surface area contributed by atoms with Gasteiger partial charge in [-0.2, -0.15) is 0 Å². The monoisotopic (exact) mass is 596 g/mol. The molecule has 0 aliphatic rings. The number of carbonyl (C=O) groups is 4. The van der Waals surface area contributed by atoms with E-state index >= 15 is 0 Å². The number of nitrogens with one attached hydrogen (secondary N) is 1. The first-order chi connectivity index (χ1) is 20.3. The SMILES string of the molecule is CC(C)(O)CC[C@H](C[C@H](OC(=O)CCCC(=O)O)[C@H](Cc1cccc(F)c1)NC(=O)c1cnc2ccccc2n1)C(N)=O. The Morgan fingerprint density at radius 1 is 1.07 bits per heavy atom. The minimum atomic E-state index is -1.13. The molecule has 2 amide bonds. The van der Waals surface area contributed by atoms with E-state index in [1.807, 2.05) is 0 Å². The summed E-state index contributed by atoms with van der Waals surface area (Å²) in [5.41, 5.74) is 6.14. The third-order valence-corrected chi connectivity index (χ3v) is 6.87. The molecule has 12 heteroatoms. The van der Waals surface area contributed by atoms with Crippen LogP contribution in [-0.4, -0.2) is 61.7 Å². The van der Waals surface area contributed by atoms with Crippen molar-refractivity contribution >= 4 is 34.8 Å². The van der Waals surface area contributed by atoms with Crippen LogP contribution in [-0.2, 0) is 25.5 Å². The molecule has 230 valence electrons. The molecule has 11 nitrogen and oxygen atoms in total. The zero-order chi connectivity index (χ0) is 31.6. The van der Waals surface area contributed by atoms with E-state index in [-0.39, 0.29) is 50.6 Å². The molecule has 0 spiro atoms. The van der Waals surface area contributed by atoms with Crippen molar-refractivity contribution in [1.82, 2.24) is 15.3 Å². The number of halogens is 1. The molecule has 0 unspecified atom stereocenters. The minimum Gasteiger partial charge on any atom is -0.481 e. The number of carboxylic acid groups (broad SMARTS) is 1. The standard InChI is InChI=1S/C31H37FN4O7/c1-31(2,42)14-13-20(29(33)40)17-26(43-28(39)12-6-11-27(37)38)24(16-19-7-5-8-21(32)15-19)36-30(41)25-18-34-22-9-3-4-10-23(22)35-25/h3-5,7-10,15,18,20,24,26,42H,6,11-14,16-17H2,1-2H3,(H2,33,40)(H,36,41)(H,37,38)/t20-,24+,26+/m1/s1. The highest BCUT2D eigenvalue weighted by Crippen LogP contribution is 2.24. The van der Waals surface area contributed by atoms with Crippen molar-refractivity contribution in [2.45, 2.75) is 76.5 Å². The first-order valence-electron chi connectivity index (χ1n) is 14.0. The van der Waals surface area contributed by atoms with Gasteiger partial charge < -0.3 is 26.0 Å². The smallest absolute Gasteiger partial charge is 0.306 e. The van der Waals surface area contributed by atoms with E-state index in [0.29, 0.717) is 16.6 Å². The molecular formula is C31H37FN4O7. The largest absolute Gasteiger partial charge is 0.481 e. The Bertz CT molecular complexity index is 1440. The lowest BCUT2D eigenvalue weighted by atomic mass is 9.87. The minimum absolute atomic E-state index is 0.00849. The van der Waals surface area contributed by atoms with Gasteiger partial charge in [-0.15, -0.1) is 0 Å². The van der Waals surface area contributed by atoms with Gasteiger partial charge in [0.25, 0.3) is 5.91 Å². The molecule has 0 fully saturated rings. The van der Waals surface area contributed by atoms with E-state index in [9.17, 15) is 28.7 Å². The fourth-order valence-electron chi connectivity index (χ4n) is 4.59. The van der Waals surface area contributed by atoms with Crippen LogP contribution in [0.5, 0.6) is 0 Å². The second-order valence-corrected chi connectivity index (χ2v) is 11.1. The molecule has 0 saturated carbocycles. The van der Waals surface area contributed by atoms with E-state index in [1.54, 1.807) is 44.2 Å². The molecule has 3 aromatic rings. The van der Waals surface area contributed by atoms with Gasteiger partial charge in [0, 0.05) is 18.8 Å². The van der Waals surface area contributed by atoms with Gasteiger partial charge in [0.05, 0.1) is 28.9 Å². The summed E-state index contributed by atoms with van der Waals surface area (Å²) in [7, 11) is 0. The maximum atomic E-state index is 14.1. The van der Waals surface area contributed by atoms with Crippen molar-refractivity contribution in [3.63, 3.8) is 0 Å². The van der Waals surface area contributed by atoms with Gasteiger partial charge in [0.2, 0.25) is 5.91 Å². The molecule has 1 aromatic heterocycles. The fourth-order valence-corrected chi connectivity index (χ4v) is 4.59. The van der Waals surface area contributed by atoms with Gasteiger partial charge >= 0.3 is 11.9 Å². The summed E-state index contributed by atoms with van der Waals surface area (Å²) in [6.07, 6.45) is 0.0115. The summed E-state index contributed by atoms with van der Waals surface area (Å²) in [4.78, 5) is 58.3. The molecule has 5 N–H and O–H groups in total. The van der Waals surface area contributed by atoms with E-state index in [2.05, 4.69) is 15.3 Å². The zero-order valence-electron chi connectivity index (χ0n) is 24.2. The van der Waals surface area contributed by atoms with Crippen LogP contribution in [0, 0.1) is 11.7 Å². The molecular weight excluding hydrogens is 559 g/mol. The molecule has 0 bridgehead atoms. The van der Waals surface area contributed by atoms with Crippen LogP contribution in [0.3, 0.4) is 0 Å². The van der Waals surface area contributed by atoms with Crippen LogP contribution in [0.4, 0.5) is 4.39 Å². The number of amides is 2. The van der Waals surface area contributed by atoms with Crippen LogP contribution in [0.25, 0.3) is 11.0 Å². The van der Waals surface area contributed by atoms with Crippen molar-refractivity contribution in [1.29, 1.82) is 0 Å². The quantitative estimate of drug-likeness (QED) is 0.180. The number of ether oxygens (including phenoxy) is 1. The molecule has 3 rings (SSSR count). The van der Waals surface area contributed by atoms with Gasteiger partial charge in [-0.1, -0.05) is 24.3 Å². The molecule has 0 aliphatic heterocycles. The Hall–Kier alpha value is -4.45. The van der Waals surface area contributed by atoms with Gasteiger partial charge in [-0.3, -0.25) is 24.2 Å². The third kappa shape index (κ3) is 11.0. The number of carbonyl (C=O) groups excluding carboxylic acids is 3. The van der Waals surface area contributed by atoms with Crippen LogP contribution in [0.15, 0.2) is 54.7 Å². The second kappa shape index (κ2) is 15.1. The maximum Gasteiger partial charge on any atom is 0.306 e. The Kier molecular flexibility index (Phi) is 11.6. The summed E-state index contributed by atoms with van der Waals surface area (Å²) in [6, 6.07) is 11.7. The number of fused-ring (bicyclic) bond motifs is 1. The molecule has 2 aromatic carbocycles. The third-order valence-electron chi connectivity index (χ3n) is 6.87. The van der Waals surface area contributed by atoms with Crippen molar-refractivity contribution < 1.29 is 38.5 Å². The summed E-state index contributed by atoms with van der Waals surface area (Å²) < 4.78 is 19.9. The molecule has 43 heavy (non-hydrogen) atoms. The normalized spacial score (nSPS) is 13.6. The van der Waals surface area contributed by atoms with E-state index < -0.39 is 53.2 Å². The Balaban J connectivity index is 1.96. The highest BCUT2D eigenvalue weighted by molar-refractivity contribution is 5.94. The Morgan fingerprint density at radius 2 is 1.79 bits per heavy atom. The van der Waals surface area contributed by atoms with Gasteiger partial charge in [0.15, 0.2) is 0 Å². The van der Waals surface area contributed by atoms with Crippen LogP contribution in [0.2, 0.25) is 0 Å². The fraction of sp³-hybridized carbons (Fsp3) is 0.419. The van der Waals surface area contributed by atoms with Crippen LogP contribution < -0.4 is 11.1 Å².